The van der Waals surface area contributed by atoms with Crippen molar-refractivity contribution >= 4 is 30.6 Å². The fourth-order valence-corrected chi connectivity index (χ4v) is 2.91. The van der Waals surface area contributed by atoms with Gasteiger partial charge in [-0.3, -0.25) is 4.98 Å². The minimum Gasteiger partial charge on any atom is -0.493 e. The van der Waals surface area contributed by atoms with E-state index in [-0.39, 0.29) is 10.3 Å². The smallest absolute Gasteiger partial charge is 0.263 e. The van der Waals surface area contributed by atoms with Crippen LogP contribution in [0.3, 0.4) is 0 Å². The lowest BCUT2D eigenvalue weighted by atomic mass is 9.93. The minimum atomic E-state index is -3.84. The summed E-state index contributed by atoms with van der Waals surface area (Å²) < 4.78 is 29.0. The Labute approximate surface area is 129 Å². The second-order valence-electron chi connectivity index (χ2n) is 6.06. The Bertz CT molecular complexity index is 751. The molecule has 0 aliphatic carbocycles. The number of halogens is 1. The third-order valence-corrected chi connectivity index (χ3v) is 4.42. The van der Waals surface area contributed by atoms with Crippen molar-refractivity contribution in [2.45, 2.75) is 32.1 Å². The molecule has 0 amide bonds. The Kier molecular flexibility index (Phi) is 4.44. The first kappa shape index (κ1) is 16.0. The number of pyridine rings is 1. The zero-order chi connectivity index (χ0) is 15.7. The van der Waals surface area contributed by atoms with Crippen molar-refractivity contribution in [3.05, 3.63) is 30.5 Å². The predicted molar refractivity (Wildman–Crippen MR) is 84.3 cm³/mol. The van der Waals surface area contributed by atoms with Crippen LogP contribution < -0.4 is 4.74 Å². The van der Waals surface area contributed by atoms with Gasteiger partial charge in [0.15, 0.2) is 0 Å². The third-order valence-electron chi connectivity index (χ3n) is 3.06. The summed E-state index contributed by atoms with van der Waals surface area (Å²) in [5.41, 5.74) is 0.508. The van der Waals surface area contributed by atoms with Gasteiger partial charge in [-0.05, 0) is 36.1 Å². The first-order valence-electron chi connectivity index (χ1n) is 6.64. The SMILES string of the molecule is CC(C)(C)CCOc1ccc(S(=O)(=O)Cl)c2ncccc12. The first-order valence-corrected chi connectivity index (χ1v) is 8.95. The molecule has 114 valence electrons. The van der Waals surface area contributed by atoms with E-state index in [1.165, 1.54) is 12.3 Å². The zero-order valence-corrected chi connectivity index (χ0v) is 13.8. The number of hydrogen-bond donors (Lipinski definition) is 0. The van der Waals surface area contributed by atoms with Crippen molar-refractivity contribution in [1.82, 2.24) is 4.98 Å². The lowest BCUT2D eigenvalue weighted by Gasteiger charge is -2.18. The van der Waals surface area contributed by atoms with Gasteiger partial charge in [-0.25, -0.2) is 8.42 Å². The van der Waals surface area contributed by atoms with Crippen molar-refractivity contribution in [2.75, 3.05) is 6.61 Å². The second-order valence-corrected chi connectivity index (χ2v) is 8.59. The van der Waals surface area contributed by atoms with Gasteiger partial charge in [-0.15, -0.1) is 0 Å². The van der Waals surface area contributed by atoms with E-state index < -0.39 is 9.05 Å². The maximum absolute atomic E-state index is 11.6. The summed E-state index contributed by atoms with van der Waals surface area (Å²) in [6, 6.07) is 6.58. The Balaban J connectivity index is 2.39. The molecule has 2 rings (SSSR count). The Hall–Kier alpha value is -1.33. The largest absolute Gasteiger partial charge is 0.493 e. The Morgan fingerprint density at radius 1 is 1.24 bits per heavy atom. The fraction of sp³-hybridized carbons (Fsp3) is 0.400. The van der Waals surface area contributed by atoms with E-state index in [0.29, 0.717) is 23.3 Å². The number of benzene rings is 1. The van der Waals surface area contributed by atoms with Gasteiger partial charge in [0.25, 0.3) is 9.05 Å². The first-order chi connectivity index (χ1) is 9.68. The van der Waals surface area contributed by atoms with E-state index in [1.807, 2.05) is 0 Å². The molecule has 21 heavy (non-hydrogen) atoms. The molecule has 0 unspecified atom stereocenters. The molecule has 0 saturated carbocycles. The van der Waals surface area contributed by atoms with Crippen molar-refractivity contribution < 1.29 is 13.2 Å². The van der Waals surface area contributed by atoms with Crippen LogP contribution in [-0.4, -0.2) is 20.0 Å². The van der Waals surface area contributed by atoms with Crippen LogP contribution in [0.2, 0.25) is 0 Å². The molecule has 0 aliphatic rings. The molecule has 1 aromatic heterocycles. The molecule has 0 atom stereocenters. The number of fused-ring (bicyclic) bond motifs is 1. The maximum Gasteiger partial charge on any atom is 0.263 e. The monoisotopic (exact) mass is 327 g/mol. The summed E-state index contributed by atoms with van der Waals surface area (Å²) in [7, 11) is 1.61. The quantitative estimate of drug-likeness (QED) is 0.797. The van der Waals surface area contributed by atoms with E-state index in [2.05, 4.69) is 25.8 Å². The molecule has 0 aliphatic heterocycles. The summed E-state index contributed by atoms with van der Waals surface area (Å²) in [6.45, 7) is 6.97. The van der Waals surface area contributed by atoms with Crippen molar-refractivity contribution in [3.8, 4) is 5.75 Å². The molecule has 2 aromatic rings. The van der Waals surface area contributed by atoms with Crippen LogP contribution >= 0.6 is 10.7 Å². The van der Waals surface area contributed by atoms with Crippen molar-refractivity contribution in [3.63, 3.8) is 0 Å². The van der Waals surface area contributed by atoms with Gasteiger partial charge >= 0.3 is 0 Å². The number of hydrogen-bond acceptors (Lipinski definition) is 4. The van der Waals surface area contributed by atoms with E-state index in [4.69, 9.17) is 15.4 Å². The van der Waals surface area contributed by atoms with Crippen LogP contribution in [0.1, 0.15) is 27.2 Å². The summed E-state index contributed by atoms with van der Waals surface area (Å²) in [6.07, 6.45) is 2.43. The Morgan fingerprint density at radius 2 is 1.95 bits per heavy atom. The van der Waals surface area contributed by atoms with Gasteiger partial charge in [-0.1, -0.05) is 20.8 Å². The van der Waals surface area contributed by atoms with Crippen molar-refractivity contribution in [2.24, 2.45) is 5.41 Å². The summed E-state index contributed by atoms with van der Waals surface area (Å²) in [5, 5.41) is 0.646. The normalized spacial score (nSPS) is 12.6. The summed E-state index contributed by atoms with van der Waals surface area (Å²) in [5.74, 6) is 0.617. The van der Waals surface area contributed by atoms with Crippen LogP contribution in [0, 0.1) is 5.41 Å². The number of ether oxygens (including phenoxy) is 1. The topological polar surface area (TPSA) is 56.3 Å². The molecule has 0 N–H and O–H groups in total. The molecular formula is C15H18ClNO3S. The van der Waals surface area contributed by atoms with Gasteiger partial charge in [0.2, 0.25) is 0 Å². The van der Waals surface area contributed by atoms with E-state index >= 15 is 0 Å². The third kappa shape index (κ3) is 4.08. The standard InChI is InChI=1S/C15H18ClNO3S/c1-15(2,3)8-10-20-12-6-7-13(21(16,18)19)14-11(12)5-4-9-17-14/h4-7,9H,8,10H2,1-3H3. The summed E-state index contributed by atoms with van der Waals surface area (Å²) in [4.78, 5) is 4.12. The van der Waals surface area contributed by atoms with Crippen LogP contribution in [-0.2, 0) is 9.05 Å². The Morgan fingerprint density at radius 3 is 2.57 bits per heavy atom. The fourth-order valence-electron chi connectivity index (χ4n) is 1.91. The molecule has 6 heteroatoms. The molecule has 0 spiro atoms. The van der Waals surface area contributed by atoms with Crippen LogP contribution in [0.4, 0.5) is 0 Å². The van der Waals surface area contributed by atoms with E-state index in [1.54, 1.807) is 18.2 Å². The summed E-state index contributed by atoms with van der Waals surface area (Å²) >= 11 is 0. The highest BCUT2D eigenvalue weighted by atomic mass is 35.7. The van der Waals surface area contributed by atoms with Gasteiger partial charge in [0, 0.05) is 22.3 Å². The number of rotatable bonds is 4. The van der Waals surface area contributed by atoms with E-state index in [9.17, 15) is 8.42 Å². The second kappa shape index (κ2) is 5.81. The van der Waals surface area contributed by atoms with Gasteiger partial charge in [-0.2, -0.15) is 0 Å². The van der Waals surface area contributed by atoms with Gasteiger partial charge in [0.1, 0.15) is 10.6 Å². The zero-order valence-electron chi connectivity index (χ0n) is 12.3. The molecular weight excluding hydrogens is 310 g/mol. The number of aromatic nitrogens is 1. The average molecular weight is 328 g/mol. The lowest BCUT2D eigenvalue weighted by Crippen LogP contribution is -2.11. The average Bonchev–Trinajstić information content (AvgIpc) is 2.36. The van der Waals surface area contributed by atoms with Crippen molar-refractivity contribution in [1.29, 1.82) is 0 Å². The minimum absolute atomic E-state index is 0.00272. The highest BCUT2D eigenvalue weighted by Crippen LogP contribution is 2.31. The maximum atomic E-state index is 11.6. The van der Waals surface area contributed by atoms with Crippen LogP contribution in [0.15, 0.2) is 35.4 Å². The lowest BCUT2D eigenvalue weighted by molar-refractivity contribution is 0.245. The highest BCUT2D eigenvalue weighted by Gasteiger charge is 2.18. The van der Waals surface area contributed by atoms with Crippen LogP contribution in [0.25, 0.3) is 10.9 Å². The number of nitrogens with zero attached hydrogens (tertiary/aromatic N) is 1. The van der Waals surface area contributed by atoms with Crippen LogP contribution in [0.5, 0.6) is 5.75 Å². The molecule has 0 radical (unpaired) electrons. The molecule has 1 heterocycles. The molecule has 0 fully saturated rings. The molecule has 1 aromatic carbocycles. The predicted octanol–water partition coefficient (Wildman–Crippen LogP) is 3.98. The van der Waals surface area contributed by atoms with E-state index in [0.717, 1.165) is 6.42 Å². The molecule has 4 nitrogen and oxygen atoms in total. The molecule has 0 bridgehead atoms. The molecule has 0 saturated heterocycles. The van der Waals surface area contributed by atoms with Gasteiger partial charge < -0.3 is 4.74 Å². The van der Waals surface area contributed by atoms with Gasteiger partial charge in [0.05, 0.1) is 12.1 Å². The highest BCUT2D eigenvalue weighted by molar-refractivity contribution is 8.14.